The molecule has 0 bridgehead atoms. The molecule has 0 amide bonds. The molecule has 3 rings (SSSR count). The standard InChI is InChI=1S/C19H22ClN3O5S/c1-28-16-3-2-4-17(14-16)29(26,27)12-11-21-7-9-22(10-8-21)18-6-5-15(20)13-19(18)23(24)25/h2-6,13-14H,7-12H2,1H3. The van der Waals surface area contributed by atoms with Gasteiger partial charge in [-0.2, -0.15) is 0 Å². The normalized spacial score (nSPS) is 15.3. The second-order valence-corrected chi connectivity index (χ2v) is 9.26. The lowest BCUT2D eigenvalue weighted by Gasteiger charge is -2.35. The quantitative estimate of drug-likeness (QED) is 0.483. The van der Waals surface area contributed by atoms with E-state index in [1.54, 1.807) is 30.3 Å². The molecule has 1 heterocycles. The molecule has 1 aliphatic heterocycles. The maximum Gasteiger partial charge on any atom is 0.294 e. The van der Waals surface area contributed by atoms with Gasteiger partial charge in [-0.25, -0.2) is 8.42 Å². The Hall–Kier alpha value is -2.36. The molecule has 2 aromatic carbocycles. The van der Waals surface area contributed by atoms with E-state index in [4.69, 9.17) is 16.3 Å². The Bertz CT molecular complexity index is 991. The molecule has 8 nitrogen and oxygen atoms in total. The van der Waals surface area contributed by atoms with Crippen molar-refractivity contribution in [3.8, 4) is 5.75 Å². The fourth-order valence-corrected chi connectivity index (χ4v) is 4.77. The van der Waals surface area contributed by atoms with Crippen molar-refractivity contribution in [3.63, 3.8) is 0 Å². The van der Waals surface area contributed by atoms with Crippen LogP contribution in [0.3, 0.4) is 0 Å². The molecule has 156 valence electrons. The first kappa shape index (κ1) is 21.4. The lowest BCUT2D eigenvalue weighted by Crippen LogP contribution is -2.47. The molecule has 2 aromatic rings. The van der Waals surface area contributed by atoms with Crippen LogP contribution in [0.4, 0.5) is 11.4 Å². The van der Waals surface area contributed by atoms with Crippen LogP contribution in [0.15, 0.2) is 47.4 Å². The average Bonchev–Trinajstić information content (AvgIpc) is 2.72. The van der Waals surface area contributed by atoms with Crippen molar-refractivity contribution in [2.24, 2.45) is 0 Å². The molecular weight excluding hydrogens is 418 g/mol. The van der Waals surface area contributed by atoms with Crippen LogP contribution in [0.1, 0.15) is 0 Å². The topological polar surface area (TPSA) is 93.0 Å². The van der Waals surface area contributed by atoms with Gasteiger partial charge in [0.1, 0.15) is 11.4 Å². The summed E-state index contributed by atoms with van der Waals surface area (Å²) in [6.07, 6.45) is 0. The van der Waals surface area contributed by atoms with Gasteiger partial charge in [-0.15, -0.1) is 0 Å². The fraction of sp³-hybridized carbons (Fsp3) is 0.368. The number of hydrogen-bond donors (Lipinski definition) is 0. The zero-order chi connectivity index (χ0) is 21.0. The number of hydrogen-bond acceptors (Lipinski definition) is 7. The van der Waals surface area contributed by atoms with E-state index in [0.717, 1.165) is 0 Å². The highest BCUT2D eigenvalue weighted by atomic mass is 35.5. The van der Waals surface area contributed by atoms with Gasteiger partial charge >= 0.3 is 0 Å². The predicted octanol–water partition coefficient (Wildman–Crippen LogP) is 2.85. The Morgan fingerprint density at radius 2 is 1.86 bits per heavy atom. The molecule has 0 N–H and O–H groups in total. The molecule has 10 heteroatoms. The number of nitrogens with zero attached hydrogens (tertiary/aromatic N) is 3. The van der Waals surface area contributed by atoms with Gasteiger partial charge in [-0.1, -0.05) is 17.7 Å². The van der Waals surface area contributed by atoms with E-state index >= 15 is 0 Å². The zero-order valence-electron chi connectivity index (χ0n) is 16.0. The Balaban J connectivity index is 1.60. The van der Waals surface area contributed by atoms with E-state index in [1.165, 1.54) is 19.2 Å². The third-order valence-electron chi connectivity index (χ3n) is 4.92. The van der Waals surface area contributed by atoms with E-state index in [-0.39, 0.29) is 16.3 Å². The number of benzene rings is 2. The fourth-order valence-electron chi connectivity index (χ4n) is 3.28. The number of nitro groups is 1. The van der Waals surface area contributed by atoms with E-state index in [0.29, 0.717) is 49.2 Å². The van der Waals surface area contributed by atoms with Crippen molar-refractivity contribution < 1.29 is 18.1 Å². The van der Waals surface area contributed by atoms with Crippen molar-refractivity contribution in [3.05, 3.63) is 57.6 Å². The van der Waals surface area contributed by atoms with Crippen molar-refractivity contribution >= 4 is 32.8 Å². The Morgan fingerprint density at radius 1 is 1.14 bits per heavy atom. The first-order valence-corrected chi connectivity index (χ1v) is 11.1. The largest absolute Gasteiger partial charge is 0.497 e. The van der Waals surface area contributed by atoms with Gasteiger partial charge in [0.05, 0.1) is 22.7 Å². The number of ether oxygens (including phenoxy) is 1. The van der Waals surface area contributed by atoms with Gasteiger partial charge in [0.15, 0.2) is 9.84 Å². The van der Waals surface area contributed by atoms with Crippen molar-refractivity contribution in [2.45, 2.75) is 4.90 Å². The maximum atomic E-state index is 12.6. The van der Waals surface area contributed by atoms with Gasteiger partial charge in [0.2, 0.25) is 0 Å². The van der Waals surface area contributed by atoms with Crippen molar-refractivity contribution in [1.82, 2.24) is 4.90 Å². The summed E-state index contributed by atoms with van der Waals surface area (Å²) in [4.78, 5) is 15.1. The van der Waals surface area contributed by atoms with Crippen LogP contribution in [0.5, 0.6) is 5.75 Å². The van der Waals surface area contributed by atoms with Crippen LogP contribution in [-0.4, -0.2) is 63.8 Å². The Morgan fingerprint density at radius 3 is 2.52 bits per heavy atom. The molecule has 1 aliphatic rings. The van der Waals surface area contributed by atoms with Crippen LogP contribution >= 0.6 is 11.6 Å². The zero-order valence-corrected chi connectivity index (χ0v) is 17.5. The summed E-state index contributed by atoms with van der Waals surface area (Å²) >= 11 is 5.88. The molecule has 0 aliphatic carbocycles. The summed E-state index contributed by atoms with van der Waals surface area (Å²) in [6.45, 7) is 2.78. The van der Waals surface area contributed by atoms with Crippen LogP contribution < -0.4 is 9.64 Å². The van der Waals surface area contributed by atoms with Crippen molar-refractivity contribution in [1.29, 1.82) is 0 Å². The molecule has 0 radical (unpaired) electrons. The Kier molecular flexibility index (Phi) is 6.61. The molecule has 0 atom stereocenters. The van der Waals surface area contributed by atoms with Gasteiger partial charge in [0, 0.05) is 43.8 Å². The highest BCUT2D eigenvalue weighted by Crippen LogP contribution is 2.31. The highest BCUT2D eigenvalue weighted by molar-refractivity contribution is 7.91. The van der Waals surface area contributed by atoms with E-state index in [1.807, 2.05) is 4.90 Å². The lowest BCUT2D eigenvalue weighted by atomic mass is 10.2. The summed E-state index contributed by atoms with van der Waals surface area (Å²) in [5, 5.41) is 11.6. The summed E-state index contributed by atoms with van der Waals surface area (Å²) < 4.78 is 30.3. The molecule has 0 saturated carbocycles. The minimum atomic E-state index is -3.42. The molecule has 0 spiro atoms. The summed E-state index contributed by atoms with van der Waals surface area (Å²) in [6, 6.07) is 11.1. The van der Waals surface area contributed by atoms with Gasteiger partial charge in [-0.05, 0) is 30.3 Å². The highest BCUT2D eigenvalue weighted by Gasteiger charge is 2.25. The number of nitro benzene ring substituents is 1. The van der Waals surface area contributed by atoms with Crippen LogP contribution in [-0.2, 0) is 9.84 Å². The summed E-state index contributed by atoms with van der Waals surface area (Å²) in [5.41, 5.74) is 0.509. The molecule has 29 heavy (non-hydrogen) atoms. The minimum Gasteiger partial charge on any atom is -0.497 e. The molecule has 0 unspecified atom stereocenters. The molecule has 0 aromatic heterocycles. The van der Waals surface area contributed by atoms with E-state index in [2.05, 4.69) is 4.90 Å². The summed E-state index contributed by atoms with van der Waals surface area (Å²) in [7, 11) is -1.92. The minimum absolute atomic E-state index is 0.00125. The van der Waals surface area contributed by atoms with E-state index in [9.17, 15) is 18.5 Å². The first-order valence-electron chi connectivity index (χ1n) is 9.08. The van der Waals surface area contributed by atoms with E-state index < -0.39 is 14.8 Å². The first-order chi connectivity index (χ1) is 13.8. The number of methoxy groups -OCH3 is 1. The second-order valence-electron chi connectivity index (χ2n) is 6.72. The number of anilines is 1. The molecular formula is C19H22ClN3O5S. The Labute approximate surface area is 174 Å². The molecule has 1 fully saturated rings. The SMILES string of the molecule is COc1cccc(S(=O)(=O)CCN2CCN(c3ccc(Cl)cc3[N+](=O)[O-])CC2)c1. The maximum absolute atomic E-state index is 12.6. The number of sulfone groups is 1. The second kappa shape index (κ2) is 8.98. The van der Waals surface area contributed by atoms with Crippen LogP contribution in [0, 0.1) is 10.1 Å². The lowest BCUT2D eigenvalue weighted by molar-refractivity contribution is -0.384. The number of halogens is 1. The van der Waals surface area contributed by atoms with Crippen LogP contribution in [0.2, 0.25) is 5.02 Å². The number of rotatable bonds is 7. The number of piperazine rings is 1. The smallest absolute Gasteiger partial charge is 0.294 e. The van der Waals surface area contributed by atoms with Crippen molar-refractivity contribution in [2.75, 3.05) is 50.5 Å². The van der Waals surface area contributed by atoms with Gasteiger partial charge < -0.3 is 9.64 Å². The summed E-state index contributed by atoms with van der Waals surface area (Å²) in [5.74, 6) is 0.505. The van der Waals surface area contributed by atoms with Crippen LogP contribution in [0.25, 0.3) is 0 Å². The third kappa shape index (κ3) is 5.17. The third-order valence-corrected chi connectivity index (χ3v) is 6.85. The van der Waals surface area contributed by atoms with Gasteiger partial charge in [-0.3, -0.25) is 15.0 Å². The van der Waals surface area contributed by atoms with Gasteiger partial charge in [0.25, 0.3) is 5.69 Å². The predicted molar refractivity (Wildman–Crippen MR) is 112 cm³/mol. The average molecular weight is 440 g/mol. The molecule has 1 saturated heterocycles. The monoisotopic (exact) mass is 439 g/mol.